The maximum Gasteiger partial charge on any atom is 0.306 e. The van der Waals surface area contributed by atoms with Gasteiger partial charge in [-0.2, -0.15) is 0 Å². The largest absolute Gasteiger partial charge is 0.481 e. The van der Waals surface area contributed by atoms with E-state index in [4.69, 9.17) is 0 Å². The summed E-state index contributed by atoms with van der Waals surface area (Å²) < 4.78 is 0. The van der Waals surface area contributed by atoms with Gasteiger partial charge in [0.1, 0.15) is 0 Å². The number of carboxylic acids is 1. The number of hydrogen-bond donors (Lipinski definition) is 1. The topological polar surface area (TPSA) is 37.3 Å². The van der Waals surface area contributed by atoms with Gasteiger partial charge in [-0.15, -0.1) is 0 Å². The van der Waals surface area contributed by atoms with E-state index < -0.39 is 14.8 Å². The summed E-state index contributed by atoms with van der Waals surface area (Å²) in [5.41, 5.74) is 0. The maximum atomic E-state index is 12.5. The summed E-state index contributed by atoms with van der Waals surface area (Å²) in [6, 6.07) is 2.45. The average Bonchev–Trinajstić information content (AvgIpc) is 2.49. The third-order valence-corrected chi connectivity index (χ3v) is 10.7. The van der Waals surface area contributed by atoms with E-state index in [0.717, 1.165) is 19.3 Å². The van der Waals surface area contributed by atoms with Gasteiger partial charge in [0.05, 0.1) is 13.8 Å². The molecule has 21 heavy (non-hydrogen) atoms. The summed E-state index contributed by atoms with van der Waals surface area (Å²) in [7, 11) is -1.25. The highest BCUT2D eigenvalue weighted by Gasteiger charge is 2.50. The summed E-state index contributed by atoms with van der Waals surface area (Å²) >= 11 is 0. The van der Waals surface area contributed by atoms with Gasteiger partial charge < -0.3 is 5.11 Å². The number of hydrogen-bond acceptors (Lipinski definition) is 1. The van der Waals surface area contributed by atoms with Gasteiger partial charge in [0.15, 0.2) is 0 Å². The van der Waals surface area contributed by atoms with E-state index in [1.165, 1.54) is 57.0 Å². The van der Waals surface area contributed by atoms with Crippen molar-refractivity contribution in [2.24, 2.45) is 5.92 Å². The second-order valence-corrected chi connectivity index (χ2v) is 10.6. The molecule has 0 aliphatic heterocycles. The predicted octanol–water partition coefficient (Wildman–Crippen LogP) is 5.63. The Hall–Kier alpha value is -0.313. The molecule has 0 aromatic rings. The lowest BCUT2D eigenvalue weighted by Gasteiger charge is -2.44. The van der Waals surface area contributed by atoms with Crippen LogP contribution in [-0.2, 0) is 4.79 Å². The Morgan fingerprint density at radius 1 is 1.05 bits per heavy atom. The van der Waals surface area contributed by atoms with E-state index in [1.54, 1.807) is 0 Å². The third-order valence-electron chi connectivity index (χ3n) is 5.68. The molecule has 3 heteroatoms. The van der Waals surface area contributed by atoms with E-state index in [1.807, 2.05) is 0 Å². The molecule has 2 nitrogen and oxygen atoms in total. The van der Waals surface area contributed by atoms with Crippen LogP contribution >= 0.6 is 0 Å². The summed E-state index contributed by atoms with van der Waals surface area (Å²) in [5.74, 6) is 0.0477. The quantitative estimate of drug-likeness (QED) is 0.531. The Labute approximate surface area is 133 Å². The molecule has 0 aromatic carbocycles. The number of aliphatic carboxylic acids is 1. The highest BCUT2D eigenvalue weighted by Crippen LogP contribution is 2.52. The molecule has 1 rings (SSSR count). The fraction of sp³-hybridized carbons (Fsp3) is 0.944. The van der Waals surface area contributed by atoms with Crippen LogP contribution < -0.4 is 0 Å². The Balaban J connectivity index is 3.09. The molecule has 0 spiro atoms. The lowest BCUT2D eigenvalue weighted by Crippen LogP contribution is -2.45. The molecule has 0 bridgehead atoms. The molecule has 1 unspecified atom stereocenters. The monoisotopic (exact) mass is 312 g/mol. The van der Waals surface area contributed by atoms with Gasteiger partial charge in [-0.05, 0) is 25.2 Å². The van der Waals surface area contributed by atoms with Gasteiger partial charge in [-0.3, -0.25) is 4.79 Å². The molecule has 0 radical (unpaired) electrons. The van der Waals surface area contributed by atoms with E-state index >= 15 is 0 Å². The fourth-order valence-electron chi connectivity index (χ4n) is 4.64. The zero-order valence-corrected chi connectivity index (χ0v) is 15.7. The molecular formula is C18H36O2Si. The van der Waals surface area contributed by atoms with Gasteiger partial charge in [0, 0.05) is 0 Å². The summed E-state index contributed by atoms with van der Waals surface area (Å²) in [6.45, 7) is 6.68. The molecule has 0 aromatic heterocycles. The lowest BCUT2D eigenvalue weighted by atomic mass is 9.77. The number of carboxylic acid groups (broad SMARTS) is 1. The number of rotatable bonds is 10. The zero-order valence-electron chi connectivity index (χ0n) is 14.5. The lowest BCUT2D eigenvalue weighted by molar-refractivity contribution is -0.143. The summed E-state index contributed by atoms with van der Waals surface area (Å²) in [5, 5.41) is 9.96. The van der Waals surface area contributed by atoms with Gasteiger partial charge in [-0.25, -0.2) is 0 Å². The van der Waals surface area contributed by atoms with E-state index in [0.29, 0.717) is 5.92 Å². The molecule has 1 aliphatic carbocycles. The molecule has 0 saturated heterocycles. The highest BCUT2D eigenvalue weighted by atomic mass is 28.3. The van der Waals surface area contributed by atoms with Crippen LogP contribution in [0.4, 0.5) is 0 Å². The SMILES string of the molecule is CCCCC(C(=O)O)(C1CCCCC1)[SiH](CCC)CCC. The van der Waals surface area contributed by atoms with Crippen LogP contribution in [0, 0.1) is 5.92 Å². The minimum atomic E-state index is -1.25. The van der Waals surface area contributed by atoms with Crippen LogP contribution in [0.2, 0.25) is 17.1 Å². The Bertz CT molecular complexity index is 294. The summed E-state index contributed by atoms with van der Waals surface area (Å²) in [6.07, 6.45) is 11.7. The van der Waals surface area contributed by atoms with Crippen LogP contribution in [0.25, 0.3) is 0 Å². The normalized spacial score (nSPS) is 19.6. The third kappa shape index (κ3) is 4.58. The van der Waals surface area contributed by atoms with Crippen molar-refractivity contribution in [2.45, 2.75) is 102 Å². The van der Waals surface area contributed by atoms with Crippen LogP contribution in [0.5, 0.6) is 0 Å². The zero-order chi connectivity index (χ0) is 15.7. The molecular weight excluding hydrogens is 276 g/mol. The van der Waals surface area contributed by atoms with Gasteiger partial charge in [-0.1, -0.05) is 77.8 Å². The second-order valence-electron chi connectivity index (χ2n) is 7.06. The molecule has 1 atom stereocenters. The number of carbonyl (C=O) groups is 1. The summed E-state index contributed by atoms with van der Waals surface area (Å²) in [4.78, 5) is 12.5. The highest BCUT2D eigenvalue weighted by molar-refractivity contribution is 6.66. The van der Waals surface area contributed by atoms with Crippen LogP contribution in [0.15, 0.2) is 0 Å². The van der Waals surface area contributed by atoms with Gasteiger partial charge >= 0.3 is 5.97 Å². The van der Waals surface area contributed by atoms with Crippen molar-refractivity contribution < 1.29 is 9.90 Å². The molecule has 124 valence electrons. The van der Waals surface area contributed by atoms with Gasteiger partial charge in [0.25, 0.3) is 0 Å². The van der Waals surface area contributed by atoms with Crippen molar-refractivity contribution >= 4 is 14.8 Å². The second kappa shape index (κ2) is 9.65. The minimum Gasteiger partial charge on any atom is -0.481 e. The Morgan fingerprint density at radius 3 is 2.05 bits per heavy atom. The first-order valence-corrected chi connectivity index (χ1v) is 11.6. The molecule has 1 N–H and O–H groups in total. The van der Waals surface area contributed by atoms with Crippen LogP contribution in [0.1, 0.15) is 85.0 Å². The van der Waals surface area contributed by atoms with Gasteiger partial charge in [0.2, 0.25) is 0 Å². The van der Waals surface area contributed by atoms with Crippen molar-refractivity contribution in [3.63, 3.8) is 0 Å². The molecule has 0 amide bonds. The molecule has 1 saturated carbocycles. The van der Waals surface area contributed by atoms with Crippen molar-refractivity contribution in [1.82, 2.24) is 0 Å². The van der Waals surface area contributed by atoms with E-state index in [9.17, 15) is 9.90 Å². The van der Waals surface area contributed by atoms with Crippen molar-refractivity contribution in [3.8, 4) is 0 Å². The molecule has 1 aliphatic rings. The first-order valence-electron chi connectivity index (χ1n) is 9.36. The smallest absolute Gasteiger partial charge is 0.306 e. The first kappa shape index (κ1) is 18.7. The van der Waals surface area contributed by atoms with Crippen LogP contribution in [-0.4, -0.2) is 19.9 Å². The first-order chi connectivity index (χ1) is 10.1. The predicted molar refractivity (Wildman–Crippen MR) is 93.8 cm³/mol. The Morgan fingerprint density at radius 2 is 1.62 bits per heavy atom. The van der Waals surface area contributed by atoms with Crippen molar-refractivity contribution in [3.05, 3.63) is 0 Å². The standard InChI is InChI=1S/C18H36O2Si/c1-4-7-13-18(17(19)20,16-11-9-8-10-12-16)21(14-5-2)15-6-3/h16,21H,4-15H2,1-3H3,(H,19,20). The van der Waals surface area contributed by atoms with Crippen molar-refractivity contribution in [1.29, 1.82) is 0 Å². The van der Waals surface area contributed by atoms with E-state index in [2.05, 4.69) is 20.8 Å². The van der Waals surface area contributed by atoms with E-state index in [-0.39, 0.29) is 5.04 Å². The number of unbranched alkanes of at least 4 members (excludes halogenated alkanes) is 1. The molecule has 0 heterocycles. The van der Waals surface area contributed by atoms with Crippen LogP contribution in [0.3, 0.4) is 0 Å². The fourth-order valence-corrected chi connectivity index (χ4v) is 9.32. The van der Waals surface area contributed by atoms with Crippen molar-refractivity contribution in [2.75, 3.05) is 0 Å². The molecule has 1 fully saturated rings. The minimum absolute atomic E-state index is 0.303. The maximum absolute atomic E-state index is 12.5. The Kier molecular flexibility index (Phi) is 8.61. The average molecular weight is 313 g/mol.